The number of unbranched alkanes of at least 4 members (excludes halogenated alkanes) is 1. The molecule has 7 aliphatic rings. The van der Waals surface area contributed by atoms with Gasteiger partial charge in [-0.25, -0.2) is 0 Å². The summed E-state index contributed by atoms with van der Waals surface area (Å²) >= 11 is 0. The molecule has 3 heteroatoms. The summed E-state index contributed by atoms with van der Waals surface area (Å²) in [6.45, 7) is 2.40. The molecule has 6 saturated carbocycles. The van der Waals surface area contributed by atoms with Crippen LogP contribution in [0.1, 0.15) is 155 Å². The van der Waals surface area contributed by atoms with Gasteiger partial charge in [0.15, 0.2) is 0 Å². The van der Waals surface area contributed by atoms with E-state index in [1.807, 2.05) is 0 Å². The number of aliphatic hydroxyl groups is 1. The normalized spacial score (nSPS) is 43.1. The summed E-state index contributed by atoms with van der Waals surface area (Å²) in [6, 6.07) is 0. The van der Waals surface area contributed by atoms with E-state index in [2.05, 4.69) is 31.2 Å². The van der Waals surface area contributed by atoms with Gasteiger partial charge in [-0.2, -0.15) is 0 Å². The van der Waals surface area contributed by atoms with Crippen molar-refractivity contribution in [1.29, 1.82) is 0 Å². The van der Waals surface area contributed by atoms with Crippen LogP contribution in [0.3, 0.4) is 0 Å². The van der Waals surface area contributed by atoms with E-state index < -0.39 is 0 Å². The number of carbonyl (C=O) groups excluding carboxylic acids is 2. The molecule has 6 fully saturated rings. The zero-order valence-electron chi connectivity index (χ0n) is 29.9. The van der Waals surface area contributed by atoms with E-state index in [-0.39, 0.29) is 6.10 Å². The second-order valence-electron chi connectivity index (χ2n) is 18.3. The predicted octanol–water partition coefficient (Wildman–Crippen LogP) is 10.7. The fraction of sp³-hybridized carbons (Fsp3) is 0.864. The first-order valence-electron chi connectivity index (χ1n) is 21.0. The van der Waals surface area contributed by atoms with E-state index in [9.17, 15) is 14.7 Å². The van der Waals surface area contributed by atoms with Gasteiger partial charge in [0.25, 0.3) is 0 Å². The topological polar surface area (TPSA) is 54.4 Å². The van der Waals surface area contributed by atoms with Crippen molar-refractivity contribution < 1.29 is 14.7 Å². The van der Waals surface area contributed by atoms with Crippen LogP contribution in [-0.4, -0.2) is 22.8 Å². The fourth-order valence-corrected chi connectivity index (χ4v) is 13.0. The smallest absolute Gasteiger partial charge is 0.136 e. The van der Waals surface area contributed by atoms with Crippen LogP contribution in [0.15, 0.2) is 24.3 Å². The van der Waals surface area contributed by atoms with Gasteiger partial charge in [-0.1, -0.05) is 89.0 Å². The number of aliphatic hydroxyl groups excluding tert-OH is 1. The number of fused-ring (bicyclic) bond motifs is 1. The van der Waals surface area contributed by atoms with Gasteiger partial charge in [0, 0.05) is 24.7 Å². The maximum atomic E-state index is 14.3. The van der Waals surface area contributed by atoms with Crippen molar-refractivity contribution in [2.75, 3.05) is 0 Å². The van der Waals surface area contributed by atoms with Gasteiger partial charge in [-0.3, -0.25) is 9.59 Å². The molecule has 11 atom stereocenters. The number of carbonyl (C=O) groups is 2. The molecule has 7 rings (SSSR count). The third-order valence-electron chi connectivity index (χ3n) is 15.6. The lowest BCUT2D eigenvalue weighted by atomic mass is 9.60. The Morgan fingerprint density at radius 1 is 0.766 bits per heavy atom. The first-order valence-corrected chi connectivity index (χ1v) is 21.0. The Balaban J connectivity index is 0.987. The van der Waals surface area contributed by atoms with Crippen LogP contribution in [0, 0.1) is 76.9 Å². The Morgan fingerprint density at radius 3 is 2.30 bits per heavy atom. The lowest BCUT2D eigenvalue weighted by Gasteiger charge is -2.45. The molecule has 262 valence electrons. The molecule has 47 heavy (non-hydrogen) atoms. The molecule has 0 saturated heterocycles. The van der Waals surface area contributed by atoms with Gasteiger partial charge < -0.3 is 5.11 Å². The largest absolute Gasteiger partial charge is 0.393 e. The van der Waals surface area contributed by atoms with Gasteiger partial charge in [0.05, 0.1) is 6.10 Å². The summed E-state index contributed by atoms with van der Waals surface area (Å²) in [5.74, 6) is 9.33. The second-order valence-corrected chi connectivity index (χ2v) is 18.3. The maximum absolute atomic E-state index is 14.3. The number of allylic oxidation sites excluding steroid dienone is 4. The van der Waals surface area contributed by atoms with Crippen molar-refractivity contribution in [3.63, 3.8) is 0 Å². The summed E-state index contributed by atoms with van der Waals surface area (Å²) < 4.78 is 0. The Morgan fingerprint density at radius 2 is 1.53 bits per heavy atom. The van der Waals surface area contributed by atoms with E-state index in [0.717, 1.165) is 93.8 Å². The van der Waals surface area contributed by atoms with Crippen molar-refractivity contribution in [1.82, 2.24) is 0 Å². The minimum absolute atomic E-state index is 0.225. The molecular formula is C44H68O3. The molecule has 11 unspecified atom stereocenters. The van der Waals surface area contributed by atoms with Crippen LogP contribution < -0.4 is 0 Å². The Kier molecular flexibility index (Phi) is 11.5. The first kappa shape index (κ1) is 34.2. The van der Waals surface area contributed by atoms with Gasteiger partial charge in [0.2, 0.25) is 0 Å². The highest BCUT2D eigenvalue weighted by molar-refractivity contribution is 5.82. The summed E-state index contributed by atoms with van der Waals surface area (Å²) in [7, 11) is 0. The van der Waals surface area contributed by atoms with Gasteiger partial charge in [-0.05, 0) is 142 Å². The lowest BCUT2D eigenvalue weighted by Crippen LogP contribution is -2.40. The van der Waals surface area contributed by atoms with Crippen LogP contribution in [0.2, 0.25) is 0 Å². The second kappa shape index (κ2) is 15.8. The van der Waals surface area contributed by atoms with E-state index in [0.29, 0.717) is 58.9 Å². The lowest BCUT2D eigenvalue weighted by molar-refractivity contribution is -0.127. The number of hydrogen-bond acceptors (Lipinski definition) is 3. The van der Waals surface area contributed by atoms with E-state index in [1.165, 1.54) is 83.5 Å². The average Bonchev–Trinajstić information content (AvgIpc) is 3.79. The first-order chi connectivity index (χ1) is 23.0. The molecule has 0 spiro atoms. The van der Waals surface area contributed by atoms with Crippen molar-refractivity contribution in [3.8, 4) is 0 Å². The molecule has 0 aromatic carbocycles. The van der Waals surface area contributed by atoms with E-state index in [1.54, 1.807) is 0 Å². The quantitative estimate of drug-likeness (QED) is 0.215. The average molecular weight is 645 g/mol. The number of hydrogen-bond donors (Lipinski definition) is 1. The number of Topliss-reactive ketones (excluding diaryl/α,β-unsaturated/α-hetero) is 2. The molecule has 0 heterocycles. The summed E-state index contributed by atoms with van der Waals surface area (Å²) in [5.41, 5.74) is 0. The fourth-order valence-electron chi connectivity index (χ4n) is 13.0. The van der Waals surface area contributed by atoms with Gasteiger partial charge >= 0.3 is 0 Å². The summed E-state index contributed by atoms with van der Waals surface area (Å²) in [4.78, 5) is 26.4. The third kappa shape index (κ3) is 8.07. The minimum atomic E-state index is -0.225. The van der Waals surface area contributed by atoms with Crippen LogP contribution in [0.4, 0.5) is 0 Å². The van der Waals surface area contributed by atoms with Crippen molar-refractivity contribution in [3.05, 3.63) is 24.3 Å². The molecule has 7 aliphatic carbocycles. The maximum Gasteiger partial charge on any atom is 0.136 e. The van der Waals surface area contributed by atoms with Crippen LogP contribution in [0.5, 0.6) is 0 Å². The molecule has 0 amide bonds. The monoisotopic (exact) mass is 645 g/mol. The molecule has 1 N–H and O–H groups in total. The van der Waals surface area contributed by atoms with E-state index >= 15 is 0 Å². The SMILES string of the molecule is CC1C=CC=CC1C1CCC(C2C(CC(=O)C3CCCC(C4CCCCC4)C3)CC(C(O)CCCCC3CCCC3=O)C3CC32)CC1. The molecule has 3 nitrogen and oxygen atoms in total. The Bertz CT molecular complexity index is 1110. The number of rotatable bonds is 12. The zero-order valence-corrected chi connectivity index (χ0v) is 29.9. The van der Waals surface area contributed by atoms with Gasteiger partial charge in [-0.15, -0.1) is 0 Å². The summed E-state index contributed by atoms with van der Waals surface area (Å²) in [6.07, 6.45) is 36.7. The van der Waals surface area contributed by atoms with Crippen molar-refractivity contribution in [2.24, 2.45) is 76.9 Å². The standard InChI is InChI=1S/C44H68O3/c1-29-11-5-7-18-37(29)31-21-23-33(24-22-31)44-36(27-43(47)35-17-9-16-34(25-35)30-12-3-2-4-13-30)26-39(38-28-40(38)44)42(46)19-8-6-14-32-15-10-20-41(32)45/h5,7,11,18,29-40,42,44,46H,2-4,6,8-10,12-17,19-28H2,1H3. The molecular weight excluding hydrogens is 576 g/mol. The Labute approximate surface area is 287 Å². The zero-order chi connectivity index (χ0) is 32.3. The summed E-state index contributed by atoms with van der Waals surface area (Å²) in [5, 5.41) is 11.6. The highest BCUT2D eigenvalue weighted by atomic mass is 16.3. The molecule has 0 radical (unpaired) electrons. The molecule has 0 aromatic rings. The van der Waals surface area contributed by atoms with Crippen molar-refractivity contribution >= 4 is 11.6 Å². The molecule has 0 aliphatic heterocycles. The highest BCUT2D eigenvalue weighted by Gasteiger charge is 2.58. The number of ketones is 2. The molecule has 0 aromatic heterocycles. The van der Waals surface area contributed by atoms with Gasteiger partial charge in [0.1, 0.15) is 11.6 Å². The Hall–Kier alpha value is -1.22. The van der Waals surface area contributed by atoms with Crippen LogP contribution in [-0.2, 0) is 9.59 Å². The highest BCUT2D eigenvalue weighted by Crippen LogP contribution is 2.63. The van der Waals surface area contributed by atoms with Crippen molar-refractivity contribution in [2.45, 2.75) is 161 Å². The third-order valence-corrected chi connectivity index (χ3v) is 15.6. The van der Waals surface area contributed by atoms with Crippen LogP contribution in [0.25, 0.3) is 0 Å². The van der Waals surface area contributed by atoms with Crippen LogP contribution >= 0.6 is 0 Å². The van der Waals surface area contributed by atoms with E-state index in [4.69, 9.17) is 0 Å². The predicted molar refractivity (Wildman–Crippen MR) is 192 cm³/mol. The molecule has 0 bridgehead atoms. The minimum Gasteiger partial charge on any atom is -0.393 e.